The zero-order valence-corrected chi connectivity index (χ0v) is 19.9. The van der Waals surface area contributed by atoms with E-state index in [2.05, 4.69) is 26.1 Å². The average Bonchev–Trinajstić information content (AvgIpc) is 3.13. The molecule has 32 heavy (non-hydrogen) atoms. The first-order valence-corrected chi connectivity index (χ1v) is 12.4. The summed E-state index contributed by atoms with van der Waals surface area (Å²) in [6.45, 7) is 7.16. The smallest absolute Gasteiger partial charge is 0.314 e. The van der Waals surface area contributed by atoms with Crippen molar-refractivity contribution in [1.29, 1.82) is 0 Å². The molecule has 0 radical (unpaired) electrons. The molecule has 5 rings (SSSR count). The zero-order chi connectivity index (χ0) is 22.7. The van der Waals surface area contributed by atoms with Crippen molar-refractivity contribution in [2.45, 2.75) is 71.8 Å². The molecular weight excluding hydrogens is 402 g/mol. The highest BCUT2D eigenvalue weighted by Crippen LogP contribution is 2.66. The van der Waals surface area contributed by atoms with Crippen LogP contribution >= 0.6 is 0 Å². The second-order valence-corrected chi connectivity index (χ2v) is 11.4. The van der Waals surface area contributed by atoms with Crippen molar-refractivity contribution in [3.63, 3.8) is 0 Å². The molecule has 3 saturated carbocycles. The molecule has 1 aromatic rings. The Labute approximate surface area is 191 Å². The number of nitrogens with one attached hydrogen (secondary N) is 1. The van der Waals surface area contributed by atoms with Gasteiger partial charge < -0.3 is 14.8 Å². The Kier molecular flexibility index (Phi) is 5.29. The molecule has 1 heterocycles. The maximum absolute atomic E-state index is 13.3. The summed E-state index contributed by atoms with van der Waals surface area (Å²) in [4.78, 5) is 25.4. The van der Waals surface area contributed by atoms with E-state index in [0.717, 1.165) is 44.3 Å². The minimum absolute atomic E-state index is 0.0000911. The summed E-state index contributed by atoms with van der Waals surface area (Å²) in [5.41, 5.74) is 0.189. The summed E-state index contributed by atoms with van der Waals surface area (Å²) in [6, 6.07) is 7.59. The van der Waals surface area contributed by atoms with E-state index < -0.39 is 0 Å². The fraction of sp³-hybridized carbons (Fsp3) is 0.704. The van der Waals surface area contributed by atoms with Gasteiger partial charge in [-0.15, -0.1) is 0 Å². The summed E-state index contributed by atoms with van der Waals surface area (Å²) in [6.07, 6.45) is 6.98. The molecule has 1 N–H and O–H groups in total. The SMILES string of the molecule is COc1ccc(OC(=O)[C@H]2CC[C@H]3[C@@H]4[C@@H](C)C[C@H]5NC(=O)CC[C@]5(C)[C@H]4CC[C@]23C)cc1. The van der Waals surface area contributed by atoms with E-state index in [1.54, 1.807) is 7.11 Å². The quantitative estimate of drug-likeness (QED) is 0.533. The predicted molar refractivity (Wildman–Crippen MR) is 122 cm³/mol. The van der Waals surface area contributed by atoms with Crippen molar-refractivity contribution in [3.8, 4) is 11.5 Å². The Morgan fingerprint density at radius 1 is 1.00 bits per heavy atom. The summed E-state index contributed by atoms with van der Waals surface area (Å²) < 4.78 is 11.1. The number of piperidine rings is 1. The monoisotopic (exact) mass is 439 g/mol. The molecule has 4 fully saturated rings. The van der Waals surface area contributed by atoms with Crippen LogP contribution < -0.4 is 14.8 Å². The zero-order valence-electron chi connectivity index (χ0n) is 19.9. The fourth-order valence-corrected chi connectivity index (χ4v) is 8.27. The first-order chi connectivity index (χ1) is 15.3. The minimum atomic E-state index is -0.0731. The van der Waals surface area contributed by atoms with Gasteiger partial charge in [0.1, 0.15) is 11.5 Å². The van der Waals surface area contributed by atoms with Crippen LogP contribution in [0.4, 0.5) is 0 Å². The summed E-state index contributed by atoms with van der Waals surface area (Å²) in [5.74, 6) is 3.84. The standard InChI is InChI=1S/C27H37NO4/c1-16-15-22-27(3,14-12-23(29)28-22)20-11-13-26(2)19(24(16)20)9-10-21(26)25(30)32-18-7-5-17(31-4)6-8-18/h5-8,16,19-22,24H,9-15H2,1-4H3,(H,28,29)/t16-,19-,20-,21+,22+,24-,26-,27+/m0/s1. The molecule has 0 aromatic heterocycles. The van der Waals surface area contributed by atoms with Gasteiger partial charge in [-0.2, -0.15) is 0 Å². The van der Waals surface area contributed by atoms with Gasteiger partial charge in [0, 0.05) is 12.5 Å². The van der Waals surface area contributed by atoms with Crippen LogP contribution in [0.5, 0.6) is 11.5 Å². The van der Waals surface area contributed by atoms with Crippen LogP contribution in [0.3, 0.4) is 0 Å². The molecular formula is C27H37NO4. The molecule has 1 amide bonds. The lowest BCUT2D eigenvalue weighted by molar-refractivity contribution is -0.154. The normalized spacial score (nSPS) is 42.8. The minimum Gasteiger partial charge on any atom is -0.497 e. The topological polar surface area (TPSA) is 64.6 Å². The molecule has 1 aliphatic heterocycles. The van der Waals surface area contributed by atoms with E-state index in [1.807, 2.05) is 24.3 Å². The predicted octanol–water partition coefficient (Wildman–Crippen LogP) is 4.98. The fourth-order valence-electron chi connectivity index (χ4n) is 8.27. The number of ether oxygens (including phenoxy) is 2. The number of carbonyl (C=O) groups is 2. The van der Waals surface area contributed by atoms with Gasteiger partial charge in [0.15, 0.2) is 0 Å². The van der Waals surface area contributed by atoms with Crippen molar-refractivity contribution >= 4 is 11.9 Å². The second kappa shape index (κ2) is 7.78. The molecule has 3 aliphatic carbocycles. The first kappa shape index (κ1) is 21.8. The Morgan fingerprint density at radius 3 is 2.41 bits per heavy atom. The van der Waals surface area contributed by atoms with Crippen LogP contribution in [0, 0.1) is 40.4 Å². The van der Waals surface area contributed by atoms with Gasteiger partial charge in [-0.3, -0.25) is 9.59 Å². The summed E-state index contributed by atoms with van der Waals surface area (Å²) >= 11 is 0. The molecule has 174 valence electrons. The van der Waals surface area contributed by atoms with E-state index in [-0.39, 0.29) is 28.6 Å². The molecule has 8 atom stereocenters. The van der Waals surface area contributed by atoms with Crippen molar-refractivity contribution in [1.82, 2.24) is 5.32 Å². The number of amides is 1. The number of methoxy groups -OCH3 is 1. The third-order valence-corrected chi connectivity index (χ3v) is 10.0. The second-order valence-electron chi connectivity index (χ2n) is 11.4. The average molecular weight is 440 g/mol. The van der Waals surface area contributed by atoms with Gasteiger partial charge in [0.2, 0.25) is 5.91 Å². The number of benzene rings is 1. The van der Waals surface area contributed by atoms with Crippen molar-refractivity contribution in [2.24, 2.45) is 40.4 Å². The van der Waals surface area contributed by atoms with Crippen LogP contribution in [0.25, 0.3) is 0 Å². The molecule has 0 spiro atoms. The van der Waals surface area contributed by atoms with Crippen LogP contribution in [-0.2, 0) is 9.59 Å². The molecule has 4 aliphatic rings. The molecule has 1 saturated heterocycles. The third-order valence-electron chi connectivity index (χ3n) is 10.0. The molecule has 0 bridgehead atoms. The van der Waals surface area contributed by atoms with Crippen molar-refractivity contribution in [3.05, 3.63) is 24.3 Å². The number of hydrogen-bond acceptors (Lipinski definition) is 4. The largest absolute Gasteiger partial charge is 0.497 e. The van der Waals surface area contributed by atoms with Crippen LogP contribution in [0.2, 0.25) is 0 Å². The number of rotatable bonds is 3. The highest BCUT2D eigenvalue weighted by atomic mass is 16.5. The lowest BCUT2D eigenvalue weighted by Crippen LogP contribution is -2.63. The molecule has 0 unspecified atom stereocenters. The van der Waals surface area contributed by atoms with Crippen molar-refractivity contribution in [2.75, 3.05) is 7.11 Å². The maximum Gasteiger partial charge on any atom is 0.314 e. The first-order valence-electron chi connectivity index (χ1n) is 12.4. The highest BCUT2D eigenvalue weighted by molar-refractivity contribution is 5.78. The Hall–Kier alpha value is -2.04. The molecule has 5 heteroatoms. The lowest BCUT2D eigenvalue weighted by atomic mass is 9.45. The van der Waals surface area contributed by atoms with Crippen LogP contribution in [0.15, 0.2) is 24.3 Å². The summed E-state index contributed by atoms with van der Waals surface area (Å²) in [7, 11) is 1.63. The highest BCUT2D eigenvalue weighted by Gasteiger charge is 2.63. The van der Waals surface area contributed by atoms with E-state index in [0.29, 0.717) is 41.9 Å². The maximum atomic E-state index is 13.3. The van der Waals surface area contributed by atoms with E-state index in [1.165, 1.54) is 0 Å². The van der Waals surface area contributed by atoms with E-state index in [9.17, 15) is 9.59 Å². The van der Waals surface area contributed by atoms with Gasteiger partial charge in [-0.1, -0.05) is 20.8 Å². The number of fused-ring (bicyclic) bond motifs is 5. The number of esters is 1. The summed E-state index contributed by atoms with van der Waals surface area (Å²) in [5, 5.41) is 3.33. The number of carbonyl (C=O) groups excluding carboxylic acids is 2. The Morgan fingerprint density at radius 2 is 1.69 bits per heavy atom. The van der Waals surface area contributed by atoms with Gasteiger partial charge in [-0.25, -0.2) is 0 Å². The van der Waals surface area contributed by atoms with E-state index in [4.69, 9.17) is 9.47 Å². The van der Waals surface area contributed by atoms with Gasteiger partial charge >= 0.3 is 5.97 Å². The number of hydrogen-bond donors (Lipinski definition) is 1. The lowest BCUT2D eigenvalue weighted by Gasteiger charge is -2.62. The van der Waals surface area contributed by atoms with Crippen LogP contribution in [0.1, 0.15) is 65.7 Å². The van der Waals surface area contributed by atoms with Gasteiger partial charge in [0.25, 0.3) is 0 Å². The Bertz CT molecular complexity index is 897. The van der Waals surface area contributed by atoms with E-state index >= 15 is 0 Å². The Balaban J connectivity index is 1.36. The van der Waals surface area contributed by atoms with Crippen molar-refractivity contribution < 1.29 is 19.1 Å². The molecule has 1 aromatic carbocycles. The molecule has 5 nitrogen and oxygen atoms in total. The third kappa shape index (κ3) is 3.26. The van der Waals surface area contributed by atoms with Gasteiger partial charge in [-0.05, 0) is 97.3 Å². The van der Waals surface area contributed by atoms with Gasteiger partial charge in [0.05, 0.1) is 13.0 Å². The van der Waals surface area contributed by atoms with Crippen LogP contribution in [-0.4, -0.2) is 25.0 Å².